The Hall–Kier alpha value is -2.87. The third-order valence-corrected chi connectivity index (χ3v) is 4.68. The molecule has 5 nitrogen and oxygen atoms in total. The maximum absolute atomic E-state index is 14.1. The van der Waals surface area contributed by atoms with Gasteiger partial charge in [-0.3, -0.25) is 9.59 Å². The summed E-state index contributed by atoms with van der Waals surface area (Å²) in [6.45, 7) is 1.68. The fourth-order valence-corrected chi connectivity index (χ4v) is 3.28. The molecule has 0 aliphatic carbocycles. The molecule has 3 aromatic rings. The van der Waals surface area contributed by atoms with Gasteiger partial charge in [-0.2, -0.15) is 0 Å². The second kappa shape index (κ2) is 8.02. The van der Waals surface area contributed by atoms with Gasteiger partial charge in [0, 0.05) is 48.3 Å². The van der Waals surface area contributed by atoms with Gasteiger partial charge in [0.15, 0.2) is 11.6 Å². The summed E-state index contributed by atoms with van der Waals surface area (Å²) in [7, 11) is 1.62. The molecule has 0 saturated heterocycles. The van der Waals surface area contributed by atoms with E-state index in [1.807, 2.05) is 6.26 Å². The van der Waals surface area contributed by atoms with Crippen LogP contribution in [-0.4, -0.2) is 15.4 Å². The van der Waals surface area contributed by atoms with Crippen LogP contribution in [0, 0.1) is 18.6 Å². The van der Waals surface area contributed by atoms with E-state index in [0.29, 0.717) is 28.6 Å². The minimum atomic E-state index is -0.879. The van der Waals surface area contributed by atoms with Crippen LogP contribution < -0.4 is 15.9 Å². The van der Waals surface area contributed by atoms with Crippen LogP contribution in [0.1, 0.15) is 5.56 Å². The van der Waals surface area contributed by atoms with Crippen LogP contribution >= 0.6 is 11.8 Å². The summed E-state index contributed by atoms with van der Waals surface area (Å²) in [5.74, 6) is -1.27. The first kappa shape index (κ1) is 19.9. The van der Waals surface area contributed by atoms with Crippen LogP contribution in [0.5, 0.6) is 11.5 Å². The average Bonchev–Trinajstić information content (AvgIpc) is 2.64. The first-order valence-electron chi connectivity index (χ1n) is 8.34. The molecule has 0 amide bonds. The number of rotatable bonds is 5. The van der Waals surface area contributed by atoms with Gasteiger partial charge in [0.05, 0.1) is 5.88 Å². The number of aryl methyl sites for hydroxylation is 2. The second-order valence-corrected chi connectivity index (χ2v) is 7.12. The molecular weight excluding hydrogens is 386 g/mol. The lowest BCUT2D eigenvalue weighted by molar-refractivity contribution is 0.437. The number of hydrogen-bond acceptors (Lipinski definition) is 4. The Labute approximate surface area is 164 Å². The molecule has 0 bridgehead atoms. The number of ether oxygens (including phenoxy) is 1. The zero-order valence-electron chi connectivity index (χ0n) is 15.5. The number of hydrogen-bond donors (Lipinski definition) is 0. The summed E-state index contributed by atoms with van der Waals surface area (Å²) in [4.78, 5) is 24.4. The molecule has 2 heterocycles. The Balaban J connectivity index is 2.20. The summed E-state index contributed by atoms with van der Waals surface area (Å²) in [6, 6.07) is 5.88. The Morgan fingerprint density at radius 1 is 1.07 bits per heavy atom. The van der Waals surface area contributed by atoms with Crippen molar-refractivity contribution in [2.75, 3.05) is 6.26 Å². The molecule has 0 spiro atoms. The van der Waals surface area contributed by atoms with Crippen LogP contribution in [0.3, 0.4) is 0 Å². The van der Waals surface area contributed by atoms with E-state index in [1.54, 1.807) is 32.4 Å². The van der Waals surface area contributed by atoms with Crippen molar-refractivity contribution in [3.8, 4) is 22.6 Å². The Morgan fingerprint density at radius 2 is 1.82 bits per heavy atom. The van der Waals surface area contributed by atoms with Gasteiger partial charge in [-0.1, -0.05) is 0 Å². The van der Waals surface area contributed by atoms with E-state index in [-0.39, 0.29) is 22.6 Å². The fourth-order valence-electron chi connectivity index (χ4n) is 2.80. The molecule has 0 N–H and O–H groups in total. The first-order chi connectivity index (χ1) is 13.3. The number of benzene rings is 1. The number of pyridine rings is 2. The largest absolute Gasteiger partial charge is 0.453 e. The van der Waals surface area contributed by atoms with Gasteiger partial charge in [0.25, 0.3) is 11.1 Å². The van der Waals surface area contributed by atoms with Crippen molar-refractivity contribution in [1.82, 2.24) is 9.13 Å². The van der Waals surface area contributed by atoms with Crippen molar-refractivity contribution < 1.29 is 13.5 Å². The highest BCUT2D eigenvalue weighted by Gasteiger charge is 2.15. The Kier molecular flexibility index (Phi) is 5.69. The Morgan fingerprint density at radius 3 is 2.46 bits per heavy atom. The lowest BCUT2D eigenvalue weighted by atomic mass is 10.1. The number of halogens is 2. The summed E-state index contributed by atoms with van der Waals surface area (Å²) in [6.07, 6.45) is 5.09. The average molecular weight is 404 g/mol. The topological polar surface area (TPSA) is 53.2 Å². The van der Waals surface area contributed by atoms with Gasteiger partial charge in [-0.15, -0.1) is 11.8 Å². The van der Waals surface area contributed by atoms with E-state index in [1.165, 1.54) is 27.0 Å². The van der Waals surface area contributed by atoms with E-state index in [2.05, 4.69) is 0 Å². The number of nitrogens with zero attached hydrogens (tertiary/aromatic N) is 2. The summed E-state index contributed by atoms with van der Waals surface area (Å²) < 4.78 is 35.8. The number of thioether (sulfide) groups is 1. The molecule has 1 aromatic carbocycles. The standard InChI is InChI=1S/C20H18F2N2O3S/c1-12-6-13(9-23(2)20(12)26)15-10-24(11-28-3)19(25)8-18(15)27-17-5-4-14(21)7-16(17)22/h4-10H,11H2,1-3H3. The summed E-state index contributed by atoms with van der Waals surface area (Å²) in [5, 5.41) is 0. The SMILES string of the molecule is CSCn1cc(-c2cc(C)c(=O)n(C)c2)c(Oc2ccc(F)cc2F)cc1=O. The lowest BCUT2D eigenvalue weighted by Crippen LogP contribution is -2.20. The fraction of sp³-hybridized carbons (Fsp3) is 0.200. The first-order valence-corrected chi connectivity index (χ1v) is 9.73. The van der Waals surface area contributed by atoms with Crippen LogP contribution in [0.4, 0.5) is 8.78 Å². The van der Waals surface area contributed by atoms with Crippen molar-refractivity contribution in [2.24, 2.45) is 7.05 Å². The normalized spacial score (nSPS) is 10.9. The lowest BCUT2D eigenvalue weighted by Gasteiger charge is -2.15. The van der Waals surface area contributed by atoms with Crippen molar-refractivity contribution in [3.05, 3.63) is 80.6 Å². The highest BCUT2D eigenvalue weighted by atomic mass is 32.2. The van der Waals surface area contributed by atoms with Gasteiger partial charge in [0.1, 0.15) is 11.6 Å². The van der Waals surface area contributed by atoms with Gasteiger partial charge in [-0.25, -0.2) is 8.78 Å². The molecule has 3 rings (SSSR count). The molecule has 8 heteroatoms. The summed E-state index contributed by atoms with van der Waals surface area (Å²) in [5.41, 5.74) is 1.19. The molecule has 0 aliphatic heterocycles. The van der Waals surface area contributed by atoms with Gasteiger partial charge < -0.3 is 13.9 Å². The van der Waals surface area contributed by atoms with Crippen molar-refractivity contribution >= 4 is 11.8 Å². The maximum atomic E-state index is 14.1. The van der Waals surface area contributed by atoms with E-state index in [0.717, 1.165) is 12.1 Å². The summed E-state index contributed by atoms with van der Waals surface area (Å²) >= 11 is 1.46. The zero-order valence-corrected chi connectivity index (χ0v) is 16.3. The smallest absolute Gasteiger partial charge is 0.255 e. The molecule has 146 valence electrons. The predicted molar refractivity (Wildman–Crippen MR) is 106 cm³/mol. The third kappa shape index (κ3) is 4.01. The Bertz CT molecular complexity index is 1130. The zero-order chi connectivity index (χ0) is 20.4. The van der Waals surface area contributed by atoms with E-state index in [4.69, 9.17) is 4.74 Å². The van der Waals surface area contributed by atoms with Crippen LogP contribution in [0.15, 0.2) is 52.3 Å². The molecular formula is C20H18F2N2O3S. The van der Waals surface area contributed by atoms with E-state index in [9.17, 15) is 18.4 Å². The maximum Gasteiger partial charge on any atom is 0.255 e. The van der Waals surface area contributed by atoms with Gasteiger partial charge >= 0.3 is 0 Å². The predicted octanol–water partition coefficient (Wildman–Crippen LogP) is 3.91. The molecule has 0 radical (unpaired) electrons. The van der Waals surface area contributed by atoms with Crippen molar-refractivity contribution in [3.63, 3.8) is 0 Å². The minimum Gasteiger partial charge on any atom is -0.453 e. The minimum absolute atomic E-state index is 0.117. The van der Waals surface area contributed by atoms with Crippen LogP contribution in [-0.2, 0) is 12.9 Å². The van der Waals surface area contributed by atoms with Gasteiger partial charge in [0.2, 0.25) is 0 Å². The molecule has 0 saturated carbocycles. The highest BCUT2D eigenvalue weighted by Crippen LogP contribution is 2.33. The van der Waals surface area contributed by atoms with Gasteiger partial charge in [-0.05, 0) is 31.4 Å². The van der Waals surface area contributed by atoms with E-state index < -0.39 is 11.6 Å². The van der Waals surface area contributed by atoms with Crippen LogP contribution in [0.2, 0.25) is 0 Å². The molecule has 28 heavy (non-hydrogen) atoms. The van der Waals surface area contributed by atoms with Crippen molar-refractivity contribution in [1.29, 1.82) is 0 Å². The molecule has 2 aromatic heterocycles. The quantitative estimate of drug-likeness (QED) is 0.647. The molecule has 0 unspecified atom stereocenters. The second-order valence-electron chi connectivity index (χ2n) is 6.28. The van der Waals surface area contributed by atoms with E-state index >= 15 is 0 Å². The third-order valence-electron chi connectivity index (χ3n) is 4.14. The van der Waals surface area contributed by atoms with Crippen molar-refractivity contribution in [2.45, 2.75) is 12.8 Å². The van der Waals surface area contributed by atoms with Crippen LogP contribution in [0.25, 0.3) is 11.1 Å². The molecule has 0 atom stereocenters. The highest BCUT2D eigenvalue weighted by molar-refractivity contribution is 7.97. The number of aromatic nitrogens is 2. The molecule has 0 fully saturated rings. The molecule has 0 aliphatic rings. The monoisotopic (exact) mass is 404 g/mol.